The Bertz CT molecular complexity index is 779. The molecule has 0 amide bonds. The van der Waals surface area contributed by atoms with Crippen LogP contribution in [0.25, 0.3) is 0 Å². The average molecular weight is 364 g/mol. The van der Waals surface area contributed by atoms with Crippen molar-refractivity contribution in [3.8, 4) is 6.07 Å². The lowest BCUT2D eigenvalue weighted by Gasteiger charge is -2.37. The van der Waals surface area contributed by atoms with E-state index < -0.39 is 17.3 Å². The standard InChI is InChI=1S/C18H15Cl2NO3/c1-3-24-17(23)18(10-21)8-12(9-22)6-11(2)16(18)14-5-4-13(19)7-15(14)20/h4-7,9,16H,2-3,8H2,1H3/t16-,18+/m1/s1. The van der Waals surface area contributed by atoms with Gasteiger partial charge < -0.3 is 4.74 Å². The third-order valence-corrected chi connectivity index (χ3v) is 4.54. The highest BCUT2D eigenvalue weighted by Crippen LogP contribution is 2.51. The number of benzene rings is 1. The molecule has 0 unspecified atom stereocenters. The van der Waals surface area contributed by atoms with Crippen LogP contribution in [0.5, 0.6) is 0 Å². The molecular formula is C18H15Cl2NO3. The van der Waals surface area contributed by atoms with Gasteiger partial charge in [-0.15, -0.1) is 0 Å². The molecule has 1 aliphatic rings. The van der Waals surface area contributed by atoms with Crippen molar-refractivity contribution < 1.29 is 14.3 Å². The van der Waals surface area contributed by atoms with Gasteiger partial charge in [0.05, 0.1) is 12.7 Å². The molecule has 1 aliphatic carbocycles. The molecule has 2 rings (SSSR count). The molecule has 2 atom stereocenters. The second kappa shape index (κ2) is 7.21. The summed E-state index contributed by atoms with van der Waals surface area (Å²) in [5.41, 5.74) is -0.296. The number of aldehydes is 1. The molecule has 1 aromatic carbocycles. The molecular weight excluding hydrogens is 349 g/mol. The van der Waals surface area contributed by atoms with Crippen LogP contribution in [0.4, 0.5) is 0 Å². The highest BCUT2D eigenvalue weighted by Gasteiger charge is 2.52. The Hall–Kier alpha value is -2.09. The lowest BCUT2D eigenvalue weighted by Crippen LogP contribution is -2.41. The predicted molar refractivity (Wildman–Crippen MR) is 91.8 cm³/mol. The number of carbonyl (C=O) groups excluding carboxylic acids is 2. The van der Waals surface area contributed by atoms with Gasteiger partial charge in [0, 0.05) is 22.4 Å². The van der Waals surface area contributed by atoms with Crippen molar-refractivity contribution >= 4 is 35.5 Å². The van der Waals surface area contributed by atoms with Crippen LogP contribution < -0.4 is 0 Å². The van der Waals surface area contributed by atoms with Gasteiger partial charge in [-0.05, 0) is 35.8 Å². The fourth-order valence-corrected chi connectivity index (χ4v) is 3.51. The molecule has 0 N–H and O–H groups in total. The van der Waals surface area contributed by atoms with E-state index >= 15 is 0 Å². The molecule has 0 aliphatic heterocycles. The van der Waals surface area contributed by atoms with Gasteiger partial charge in [0.15, 0.2) is 5.41 Å². The average Bonchev–Trinajstić information content (AvgIpc) is 2.55. The van der Waals surface area contributed by atoms with Crippen LogP contribution in [-0.4, -0.2) is 18.9 Å². The number of hydrogen-bond acceptors (Lipinski definition) is 4. The summed E-state index contributed by atoms with van der Waals surface area (Å²) in [7, 11) is 0. The van der Waals surface area contributed by atoms with E-state index in [0.29, 0.717) is 33.0 Å². The number of nitriles is 1. The lowest BCUT2D eigenvalue weighted by atomic mass is 9.63. The van der Waals surface area contributed by atoms with E-state index in [0.717, 1.165) is 0 Å². The van der Waals surface area contributed by atoms with E-state index in [1.807, 2.05) is 0 Å². The number of allylic oxidation sites excluding steroid dienone is 3. The summed E-state index contributed by atoms with van der Waals surface area (Å²) >= 11 is 12.2. The summed E-state index contributed by atoms with van der Waals surface area (Å²) < 4.78 is 5.12. The smallest absolute Gasteiger partial charge is 0.327 e. The van der Waals surface area contributed by atoms with Crippen molar-refractivity contribution in [2.75, 3.05) is 6.61 Å². The molecule has 0 aromatic heterocycles. The van der Waals surface area contributed by atoms with Crippen molar-refractivity contribution in [1.29, 1.82) is 5.26 Å². The summed E-state index contributed by atoms with van der Waals surface area (Å²) in [6.45, 7) is 5.71. The molecule has 124 valence electrons. The van der Waals surface area contributed by atoms with Gasteiger partial charge in [-0.3, -0.25) is 9.59 Å². The number of rotatable bonds is 4. The Labute approximate surface area is 150 Å². The van der Waals surface area contributed by atoms with E-state index in [1.54, 1.807) is 25.1 Å². The Morgan fingerprint density at radius 3 is 2.79 bits per heavy atom. The summed E-state index contributed by atoms with van der Waals surface area (Å²) in [6.07, 6.45) is 2.14. The third-order valence-electron chi connectivity index (χ3n) is 3.98. The number of hydrogen-bond donors (Lipinski definition) is 0. The van der Waals surface area contributed by atoms with Crippen molar-refractivity contribution in [2.24, 2.45) is 5.41 Å². The maximum atomic E-state index is 12.6. The van der Waals surface area contributed by atoms with Crippen LogP contribution in [0.1, 0.15) is 24.8 Å². The first-order valence-corrected chi connectivity index (χ1v) is 8.03. The summed E-state index contributed by atoms with van der Waals surface area (Å²) in [4.78, 5) is 23.9. The first-order valence-electron chi connectivity index (χ1n) is 7.27. The maximum absolute atomic E-state index is 12.6. The highest BCUT2D eigenvalue weighted by molar-refractivity contribution is 6.35. The topological polar surface area (TPSA) is 67.2 Å². The zero-order chi connectivity index (χ0) is 17.9. The van der Waals surface area contributed by atoms with Gasteiger partial charge in [0.1, 0.15) is 6.29 Å². The molecule has 24 heavy (non-hydrogen) atoms. The highest BCUT2D eigenvalue weighted by atomic mass is 35.5. The summed E-state index contributed by atoms with van der Waals surface area (Å²) in [5, 5.41) is 10.6. The van der Waals surface area contributed by atoms with Crippen LogP contribution in [0.2, 0.25) is 10.0 Å². The van der Waals surface area contributed by atoms with Crippen molar-refractivity contribution in [3.05, 3.63) is 57.6 Å². The molecule has 0 fully saturated rings. The van der Waals surface area contributed by atoms with Crippen LogP contribution in [0.3, 0.4) is 0 Å². The normalized spacial score (nSPS) is 23.2. The third kappa shape index (κ3) is 3.10. The minimum absolute atomic E-state index is 0.0610. The Morgan fingerprint density at radius 2 is 2.25 bits per heavy atom. The quantitative estimate of drug-likeness (QED) is 0.592. The van der Waals surface area contributed by atoms with Crippen LogP contribution >= 0.6 is 23.2 Å². The fourth-order valence-electron chi connectivity index (χ4n) is 2.99. The second-order valence-electron chi connectivity index (χ2n) is 5.49. The Kier molecular flexibility index (Phi) is 5.48. The molecule has 0 radical (unpaired) electrons. The molecule has 0 spiro atoms. The minimum atomic E-state index is -1.60. The van der Waals surface area contributed by atoms with Gasteiger partial charge in [-0.1, -0.05) is 41.9 Å². The molecule has 1 aromatic rings. The molecule has 4 nitrogen and oxygen atoms in total. The second-order valence-corrected chi connectivity index (χ2v) is 6.33. The van der Waals surface area contributed by atoms with Gasteiger partial charge >= 0.3 is 5.97 Å². The van der Waals surface area contributed by atoms with E-state index in [-0.39, 0.29) is 13.0 Å². The Morgan fingerprint density at radius 1 is 1.54 bits per heavy atom. The van der Waals surface area contributed by atoms with Gasteiger partial charge in [-0.2, -0.15) is 5.26 Å². The first kappa shape index (κ1) is 18.3. The number of ether oxygens (including phenoxy) is 1. The van der Waals surface area contributed by atoms with Crippen molar-refractivity contribution in [2.45, 2.75) is 19.3 Å². The van der Waals surface area contributed by atoms with Crippen LogP contribution in [0, 0.1) is 16.7 Å². The van der Waals surface area contributed by atoms with E-state index in [4.69, 9.17) is 27.9 Å². The monoisotopic (exact) mass is 363 g/mol. The maximum Gasteiger partial charge on any atom is 0.327 e. The fraction of sp³-hybridized carbons (Fsp3) is 0.278. The zero-order valence-electron chi connectivity index (χ0n) is 13.0. The van der Waals surface area contributed by atoms with Gasteiger partial charge in [0.2, 0.25) is 0 Å². The van der Waals surface area contributed by atoms with E-state index in [2.05, 4.69) is 12.6 Å². The largest absolute Gasteiger partial charge is 0.465 e. The molecule has 0 bridgehead atoms. The predicted octanol–water partition coefficient (Wildman–Crippen LogP) is 4.24. The molecule has 6 heteroatoms. The number of carbonyl (C=O) groups is 2. The number of esters is 1. The first-order chi connectivity index (χ1) is 11.4. The van der Waals surface area contributed by atoms with E-state index in [1.165, 1.54) is 6.07 Å². The molecule has 0 heterocycles. The van der Waals surface area contributed by atoms with Crippen LogP contribution in [-0.2, 0) is 14.3 Å². The van der Waals surface area contributed by atoms with Gasteiger partial charge in [-0.25, -0.2) is 0 Å². The number of halogens is 2. The number of nitrogens with zero attached hydrogens (tertiary/aromatic N) is 1. The lowest BCUT2D eigenvalue weighted by molar-refractivity contribution is -0.152. The Balaban J connectivity index is 2.69. The zero-order valence-corrected chi connectivity index (χ0v) is 14.5. The van der Waals surface area contributed by atoms with E-state index in [9.17, 15) is 14.9 Å². The summed E-state index contributed by atoms with van der Waals surface area (Å²) in [5.74, 6) is -1.42. The molecule has 0 saturated carbocycles. The molecule has 0 saturated heterocycles. The van der Waals surface area contributed by atoms with Crippen molar-refractivity contribution in [1.82, 2.24) is 0 Å². The van der Waals surface area contributed by atoms with Gasteiger partial charge in [0.25, 0.3) is 0 Å². The van der Waals surface area contributed by atoms with Crippen molar-refractivity contribution in [3.63, 3.8) is 0 Å². The van der Waals surface area contributed by atoms with Crippen LogP contribution in [0.15, 0.2) is 42.0 Å². The minimum Gasteiger partial charge on any atom is -0.465 e. The summed E-state index contributed by atoms with van der Waals surface area (Å²) in [6, 6.07) is 6.89. The SMILES string of the molecule is C=C1C=C(C=O)C[C@@](C#N)(C(=O)OCC)[C@H]1c1ccc(Cl)cc1Cl.